The molecule has 0 spiro atoms. The number of rotatable bonds is 4. The Hall–Kier alpha value is -0.970. The third-order valence-electron chi connectivity index (χ3n) is 3.65. The summed E-state index contributed by atoms with van der Waals surface area (Å²) in [7, 11) is 0. The summed E-state index contributed by atoms with van der Waals surface area (Å²) < 4.78 is 2.06. The van der Waals surface area contributed by atoms with Gasteiger partial charge in [0.15, 0.2) is 5.82 Å². The Bertz CT molecular complexity index is 339. The summed E-state index contributed by atoms with van der Waals surface area (Å²) in [5.41, 5.74) is 0. The van der Waals surface area contributed by atoms with Crippen LogP contribution in [0.2, 0.25) is 0 Å². The van der Waals surface area contributed by atoms with E-state index in [1.54, 1.807) is 0 Å². The van der Waals surface area contributed by atoms with Crippen LogP contribution >= 0.6 is 0 Å². The third-order valence-corrected chi connectivity index (χ3v) is 3.65. The highest BCUT2D eigenvalue weighted by atomic mass is 15.6. The molecule has 0 bridgehead atoms. The zero-order valence-corrected chi connectivity index (χ0v) is 11.6. The van der Waals surface area contributed by atoms with Gasteiger partial charge in [-0.3, -0.25) is 0 Å². The van der Waals surface area contributed by atoms with Crippen LogP contribution in [-0.2, 0) is 6.54 Å². The summed E-state index contributed by atoms with van der Waals surface area (Å²) >= 11 is 0. The lowest BCUT2D eigenvalue weighted by molar-refractivity contribution is 0.331. The molecule has 1 heterocycles. The Morgan fingerprint density at radius 3 is 2.50 bits per heavy atom. The van der Waals surface area contributed by atoms with Crippen molar-refractivity contribution in [3.8, 4) is 0 Å². The lowest BCUT2D eigenvalue weighted by atomic mass is 9.97. The molecule has 0 atom stereocenters. The molecule has 0 saturated heterocycles. The van der Waals surface area contributed by atoms with Crippen molar-refractivity contribution in [2.75, 3.05) is 0 Å². The van der Waals surface area contributed by atoms with Crippen molar-refractivity contribution in [2.24, 2.45) is 0 Å². The molecule has 5 nitrogen and oxygen atoms in total. The zero-order valence-electron chi connectivity index (χ0n) is 11.6. The number of hydrogen-bond acceptors (Lipinski definition) is 4. The molecule has 0 aliphatic heterocycles. The van der Waals surface area contributed by atoms with E-state index in [0.717, 1.165) is 12.4 Å². The van der Waals surface area contributed by atoms with Crippen molar-refractivity contribution in [1.82, 2.24) is 25.5 Å². The number of nitrogens with one attached hydrogen (secondary N) is 1. The second-order valence-corrected chi connectivity index (χ2v) is 5.57. The summed E-state index contributed by atoms with van der Waals surface area (Å²) in [6.45, 7) is 5.05. The lowest BCUT2D eigenvalue weighted by Crippen LogP contribution is -2.25. The van der Waals surface area contributed by atoms with Gasteiger partial charge in [0.25, 0.3) is 0 Å². The molecule has 1 fully saturated rings. The standard InChI is InChI=1S/C13H25N5/c1-11(2)14-10-13-15-16-17-18(13)12-8-6-4-3-5-7-9-12/h11-12,14H,3-10H2,1-2H3. The topological polar surface area (TPSA) is 55.6 Å². The van der Waals surface area contributed by atoms with Gasteiger partial charge in [-0.15, -0.1) is 5.10 Å². The Morgan fingerprint density at radius 1 is 1.17 bits per heavy atom. The molecule has 0 radical (unpaired) electrons. The van der Waals surface area contributed by atoms with Gasteiger partial charge in [-0.2, -0.15) is 0 Å². The average Bonchev–Trinajstić information content (AvgIpc) is 2.74. The van der Waals surface area contributed by atoms with Gasteiger partial charge in [0.05, 0.1) is 12.6 Å². The number of tetrazole rings is 1. The molecule has 102 valence electrons. The SMILES string of the molecule is CC(C)NCc1nnnn1C1CCCCCCC1. The second-order valence-electron chi connectivity index (χ2n) is 5.57. The summed E-state index contributed by atoms with van der Waals surface area (Å²) in [6, 6.07) is 0.969. The van der Waals surface area contributed by atoms with Gasteiger partial charge in [0.1, 0.15) is 0 Å². The zero-order chi connectivity index (χ0) is 12.8. The molecule has 0 amide bonds. The molecule has 1 aromatic heterocycles. The van der Waals surface area contributed by atoms with E-state index in [0.29, 0.717) is 12.1 Å². The van der Waals surface area contributed by atoms with Gasteiger partial charge in [-0.1, -0.05) is 46.0 Å². The van der Waals surface area contributed by atoms with E-state index < -0.39 is 0 Å². The number of aromatic nitrogens is 4. The van der Waals surface area contributed by atoms with Crippen LogP contribution < -0.4 is 5.32 Å². The van der Waals surface area contributed by atoms with Gasteiger partial charge >= 0.3 is 0 Å². The minimum Gasteiger partial charge on any atom is -0.308 e. The molecule has 1 N–H and O–H groups in total. The maximum Gasteiger partial charge on any atom is 0.165 e. The first-order chi connectivity index (χ1) is 8.77. The van der Waals surface area contributed by atoms with Crippen LogP contribution in [-0.4, -0.2) is 26.2 Å². The highest BCUT2D eigenvalue weighted by Crippen LogP contribution is 2.26. The van der Waals surface area contributed by atoms with Crippen molar-refractivity contribution in [1.29, 1.82) is 0 Å². The number of hydrogen-bond donors (Lipinski definition) is 1. The van der Waals surface area contributed by atoms with E-state index in [2.05, 4.69) is 39.4 Å². The first kappa shape index (κ1) is 13.5. The Labute approximate surface area is 109 Å². The van der Waals surface area contributed by atoms with E-state index in [-0.39, 0.29) is 0 Å². The van der Waals surface area contributed by atoms with Crippen molar-refractivity contribution >= 4 is 0 Å². The fourth-order valence-electron chi connectivity index (χ4n) is 2.59. The fourth-order valence-corrected chi connectivity index (χ4v) is 2.59. The second kappa shape index (κ2) is 6.83. The molecule has 1 aliphatic carbocycles. The van der Waals surface area contributed by atoms with Crippen LogP contribution in [0, 0.1) is 0 Å². The minimum atomic E-state index is 0.465. The maximum atomic E-state index is 4.21. The highest BCUT2D eigenvalue weighted by Gasteiger charge is 2.18. The predicted octanol–water partition coefficient (Wildman–Crippen LogP) is 2.46. The fraction of sp³-hybridized carbons (Fsp3) is 0.923. The molecule has 1 saturated carbocycles. The molecule has 1 aromatic rings. The first-order valence-electron chi connectivity index (χ1n) is 7.27. The Kier molecular flexibility index (Phi) is 5.11. The highest BCUT2D eigenvalue weighted by molar-refractivity contribution is 4.85. The van der Waals surface area contributed by atoms with Gasteiger partial charge in [0, 0.05) is 6.04 Å². The van der Waals surface area contributed by atoms with Crippen molar-refractivity contribution in [2.45, 2.75) is 77.4 Å². The van der Waals surface area contributed by atoms with E-state index >= 15 is 0 Å². The molecule has 5 heteroatoms. The summed E-state index contributed by atoms with van der Waals surface area (Å²) in [5, 5.41) is 15.6. The van der Waals surface area contributed by atoms with Gasteiger partial charge in [0.2, 0.25) is 0 Å². The van der Waals surface area contributed by atoms with Gasteiger partial charge in [-0.05, 0) is 23.3 Å². The molecule has 1 aliphatic rings. The molecular formula is C13H25N5. The van der Waals surface area contributed by atoms with Crippen LogP contribution in [0.15, 0.2) is 0 Å². The van der Waals surface area contributed by atoms with Crippen LogP contribution in [0.1, 0.15) is 70.7 Å². The van der Waals surface area contributed by atoms with Crippen LogP contribution in [0.5, 0.6) is 0 Å². The summed E-state index contributed by atoms with van der Waals surface area (Å²) in [5.74, 6) is 0.981. The normalized spacial score (nSPS) is 18.8. The van der Waals surface area contributed by atoms with Crippen LogP contribution in [0.4, 0.5) is 0 Å². The average molecular weight is 251 g/mol. The van der Waals surface area contributed by atoms with Crippen LogP contribution in [0.25, 0.3) is 0 Å². The third kappa shape index (κ3) is 3.77. The minimum absolute atomic E-state index is 0.465. The van der Waals surface area contributed by atoms with E-state index in [4.69, 9.17) is 0 Å². The number of nitrogens with zero attached hydrogens (tertiary/aromatic N) is 4. The molecule has 0 unspecified atom stereocenters. The summed E-state index contributed by atoms with van der Waals surface area (Å²) in [6.07, 6.45) is 9.17. The van der Waals surface area contributed by atoms with Crippen LogP contribution in [0.3, 0.4) is 0 Å². The molecule has 0 aromatic carbocycles. The Morgan fingerprint density at radius 2 is 1.83 bits per heavy atom. The molecule has 2 rings (SSSR count). The van der Waals surface area contributed by atoms with Crippen molar-refractivity contribution < 1.29 is 0 Å². The van der Waals surface area contributed by atoms with Crippen molar-refractivity contribution in [3.05, 3.63) is 5.82 Å². The largest absolute Gasteiger partial charge is 0.308 e. The molecular weight excluding hydrogens is 226 g/mol. The monoisotopic (exact) mass is 251 g/mol. The van der Waals surface area contributed by atoms with Crippen molar-refractivity contribution in [3.63, 3.8) is 0 Å². The Balaban J connectivity index is 1.99. The first-order valence-corrected chi connectivity index (χ1v) is 7.27. The van der Waals surface area contributed by atoms with E-state index in [9.17, 15) is 0 Å². The maximum absolute atomic E-state index is 4.21. The van der Waals surface area contributed by atoms with E-state index in [1.165, 1.54) is 44.9 Å². The van der Waals surface area contributed by atoms with E-state index in [1.807, 2.05) is 0 Å². The predicted molar refractivity (Wildman–Crippen MR) is 71.1 cm³/mol. The molecule has 18 heavy (non-hydrogen) atoms. The smallest absolute Gasteiger partial charge is 0.165 e. The van der Waals surface area contributed by atoms with Gasteiger partial charge < -0.3 is 5.32 Å². The summed E-state index contributed by atoms with van der Waals surface area (Å²) in [4.78, 5) is 0. The lowest BCUT2D eigenvalue weighted by Gasteiger charge is -2.21. The van der Waals surface area contributed by atoms with Gasteiger partial charge in [-0.25, -0.2) is 4.68 Å². The quantitative estimate of drug-likeness (QED) is 0.893.